The first-order chi connectivity index (χ1) is 13.9. The lowest BCUT2D eigenvalue weighted by Crippen LogP contribution is -2.27. The van der Waals surface area contributed by atoms with Crippen molar-refractivity contribution >= 4 is 33.5 Å². The fraction of sp³-hybridized carbons (Fsp3) is 0.100. The molecule has 0 aliphatic heterocycles. The van der Waals surface area contributed by atoms with Gasteiger partial charge in [-0.2, -0.15) is 9.78 Å². The van der Waals surface area contributed by atoms with Crippen molar-refractivity contribution in [1.29, 1.82) is 0 Å². The molecule has 0 unspecified atom stereocenters. The Bertz CT molecular complexity index is 1110. The van der Waals surface area contributed by atoms with Crippen molar-refractivity contribution in [3.8, 4) is 5.69 Å². The highest BCUT2D eigenvalue weighted by Gasteiger charge is 2.20. The van der Waals surface area contributed by atoms with Crippen LogP contribution in [0.3, 0.4) is 0 Å². The number of nitrogens with one attached hydrogen (secondary N) is 1. The van der Waals surface area contributed by atoms with Crippen molar-refractivity contribution in [3.63, 3.8) is 0 Å². The zero-order chi connectivity index (χ0) is 21.0. The molecule has 9 heteroatoms. The number of carbonyl (C=O) groups is 2. The number of hydrogen-bond acceptors (Lipinski definition) is 5. The average Bonchev–Trinajstić information content (AvgIpc) is 2.69. The predicted molar refractivity (Wildman–Crippen MR) is 108 cm³/mol. The molecule has 0 aliphatic rings. The lowest BCUT2D eigenvalue weighted by molar-refractivity contribution is 0.0518. The van der Waals surface area contributed by atoms with Crippen molar-refractivity contribution in [2.75, 3.05) is 11.9 Å². The summed E-state index contributed by atoms with van der Waals surface area (Å²) in [4.78, 5) is 37.4. The van der Waals surface area contributed by atoms with E-state index in [9.17, 15) is 18.8 Å². The van der Waals surface area contributed by atoms with E-state index in [2.05, 4.69) is 26.3 Å². The van der Waals surface area contributed by atoms with E-state index in [0.717, 1.165) is 27.4 Å². The van der Waals surface area contributed by atoms with Gasteiger partial charge < -0.3 is 10.1 Å². The van der Waals surface area contributed by atoms with Crippen LogP contribution in [0.25, 0.3) is 5.69 Å². The maximum absolute atomic E-state index is 13.2. The first kappa shape index (κ1) is 20.4. The number of anilines is 1. The largest absolute Gasteiger partial charge is 0.461 e. The Morgan fingerprint density at radius 2 is 1.79 bits per heavy atom. The summed E-state index contributed by atoms with van der Waals surface area (Å²) in [7, 11) is 0. The zero-order valence-corrected chi connectivity index (χ0v) is 16.8. The smallest absolute Gasteiger partial charge is 0.360 e. The Balaban J connectivity index is 2.03. The summed E-state index contributed by atoms with van der Waals surface area (Å²) in [5.41, 5.74) is -0.366. The van der Waals surface area contributed by atoms with Crippen molar-refractivity contribution in [3.05, 3.63) is 86.5 Å². The van der Waals surface area contributed by atoms with Gasteiger partial charge in [0.25, 0.3) is 11.5 Å². The summed E-state index contributed by atoms with van der Waals surface area (Å²) >= 11 is 3.28. The van der Waals surface area contributed by atoms with Crippen LogP contribution in [-0.4, -0.2) is 28.3 Å². The lowest BCUT2D eigenvalue weighted by atomic mass is 10.2. The Kier molecular flexibility index (Phi) is 6.18. The SMILES string of the molecule is CCOC(=O)c1nn(-c2ccc(F)cc2)c(=O)cc1NC(=O)c1ccc(Br)cc1. The third-order valence-corrected chi connectivity index (χ3v) is 4.35. The van der Waals surface area contributed by atoms with Crippen molar-refractivity contribution < 1.29 is 18.7 Å². The van der Waals surface area contributed by atoms with Crippen LogP contribution >= 0.6 is 15.9 Å². The first-order valence-corrected chi connectivity index (χ1v) is 9.32. The van der Waals surface area contributed by atoms with Gasteiger partial charge in [0.2, 0.25) is 0 Å². The maximum atomic E-state index is 13.2. The van der Waals surface area contributed by atoms with Gasteiger partial charge in [0, 0.05) is 16.1 Å². The minimum Gasteiger partial charge on any atom is -0.461 e. The number of aromatic nitrogens is 2. The number of halogens is 2. The average molecular weight is 460 g/mol. The molecule has 0 spiro atoms. The number of esters is 1. The van der Waals surface area contributed by atoms with Crippen molar-refractivity contribution in [2.45, 2.75) is 6.92 Å². The summed E-state index contributed by atoms with van der Waals surface area (Å²) in [5.74, 6) is -1.82. The van der Waals surface area contributed by atoms with Gasteiger partial charge in [0.05, 0.1) is 18.0 Å². The van der Waals surface area contributed by atoms with E-state index < -0.39 is 23.3 Å². The Hall–Kier alpha value is -3.33. The van der Waals surface area contributed by atoms with Gasteiger partial charge in [-0.1, -0.05) is 15.9 Å². The van der Waals surface area contributed by atoms with E-state index in [-0.39, 0.29) is 23.7 Å². The van der Waals surface area contributed by atoms with E-state index in [1.165, 1.54) is 12.1 Å². The van der Waals surface area contributed by atoms with Crippen LogP contribution in [0.1, 0.15) is 27.8 Å². The molecule has 0 atom stereocenters. The van der Waals surface area contributed by atoms with Crippen LogP contribution in [0.2, 0.25) is 0 Å². The minimum atomic E-state index is -0.811. The van der Waals surface area contributed by atoms with E-state index in [4.69, 9.17) is 4.74 Å². The molecule has 0 aliphatic carbocycles. The number of carbonyl (C=O) groups excluding carboxylic acids is 2. The summed E-state index contributed by atoms with van der Waals surface area (Å²) in [6.45, 7) is 1.70. The van der Waals surface area contributed by atoms with E-state index in [0.29, 0.717) is 5.56 Å². The van der Waals surface area contributed by atoms with Crippen LogP contribution in [0.5, 0.6) is 0 Å². The number of amides is 1. The first-order valence-electron chi connectivity index (χ1n) is 8.53. The fourth-order valence-corrected chi connectivity index (χ4v) is 2.73. The van der Waals surface area contributed by atoms with Gasteiger partial charge in [0.15, 0.2) is 5.69 Å². The third-order valence-electron chi connectivity index (χ3n) is 3.83. The van der Waals surface area contributed by atoms with E-state index in [1.54, 1.807) is 31.2 Å². The number of ether oxygens (including phenoxy) is 1. The van der Waals surface area contributed by atoms with E-state index in [1.807, 2.05) is 0 Å². The Morgan fingerprint density at radius 1 is 1.14 bits per heavy atom. The predicted octanol–water partition coefficient (Wildman–Crippen LogP) is 3.56. The quantitative estimate of drug-likeness (QED) is 0.589. The molecule has 0 fully saturated rings. The van der Waals surface area contributed by atoms with Crippen molar-refractivity contribution in [2.24, 2.45) is 0 Å². The molecule has 0 saturated heterocycles. The van der Waals surface area contributed by atoms with E-state index >= 15 is 0 Å². The zero-order valence-electron chi connectivity index (χ0n) is 15.2. The number of hydrogen-bond donors (Lipinski definition) is 1. The second-order valence-corrected chi connectivity index (χ2v) is 6.73. The highest BCUT2D eigenvalue weighted by molar-refractivity contribution is 9.10. The maximum Gasteiger partial charge on any atom is 0.360 e. The van der Waals surface area contributed by atoms with Gasteiger partial charge in [-0.3, -0.25) is 9.59 Å². The van der Waals surface area contributed by atoms with Crippen LogP contribution in [0.4, 0.5) is 10.1 Å². The van der Waals surface area contributed by atoms with Gasteiger partial charge >= 0.3 is 5.97 Å². The normalized spacial score (nSPS) is 10.4. The van der Waals surface area contributed by atoms with Gasteiger partial charge in [-0.05, 0) is 55.5 Å². The number of nitrogens with zero attached hydrogens (tertiary/aromatic N) is 2. The summed E-state index contributed by atoms with van der Waals surface area (Å²) < 4.78 is 19.9. The summed E-state index contributed by atoms with van der Waals surface area (Å²) in [5, 5.41) is 6.56. The van der Waals surface area contributed by atoms with Crippen LogP contribution < -0.4 is 10.9 Å². The molecule has 1 amide bonds. The number of rotatable bonds is 5. The molecule has 0 bridgehead atoms. The highest BCUT2D eigenvalue weighted by Crippen LogP contribution is 2.17. The second-order valence-electron chi connectivity index (χ2n) is 5.81. The summed E-state index contributed by atoms with van der Waals surface area (Å²) in [6.07, 6.45) is 0. The molecule has 1 N–H and O–H groups in total. The molecule has 7 nitrogen and oxygen atoms in total. The molecule has 148 valence electrons. The monoisotopic (exact) mass is 459 g/mol. The Labute approximate surface area is 173 Å². The molecule has 0 radical (unpaired) electrons. The molecule has 2 aromatic carbocycles. The molecule has 1 aromatic heterocycles. The minimum absolute atomic E-state index is 0.0796. The standard InChI is InChI=1S/C20H15BrFN3O4/c1-2-29-20(28)18-16(23-19(27)12-3-5-13(21)6-4-12)11-17(26)25(24-18)15-9-7-14(22)8-10-15/h3-11H,2H2,1H3,(H,23,27). The molecule has 3 aromatic rings. The Morgan fingerprint density at radius 3 is 2.41 bits per heavy atom. The fourth-order valence-electron chi connectivity index (χ4n) is 2.46. The molecule has 3 rings (SSSR count). The number of benzene rings is 2. The second kappa shape index (κ2) is 8.78. The molecular formula is C20H15BrFN3O4. The van der Waals surface area contributed by atoms with Crippen molar-refractivity contribution in [1.82, 2.24) is 9.78 Å². The molecule has 0 saturated carbocycles. The lowest BCUT2D eigenvalue weighted by Gasteiger charge is -2.12. The highest BCUT2D eigenvalue weighted by atomic mass is 79.9. The van der Waals surface area contributed by atoms with Gasteiger partial charge in [-0.15, -0.1) is 0 Å². The molecular weight excluding hydrogens is 445 g/mol. The molecule has 1 heterocycles. The third kappa shape index (κ3) is 4.75. The molecule has 29 heavy (non-hydrogen) atoms. The van der Waals surface area contributed by atoms with Crippen LogP contribution in [0.15, 0.2) is 63.9 Å². The van der Waals surface area contributed by atoms with Gasteiger partial charge in [-0.25, -0.2) is 9.18 Å². The van der Waals surface area contributed by atoms with Gasteiger partial charge in [0.1, 0.15) is 5.82 Å². The topological polar surface area (TPSA) is 90.3 Å². The summed E-state index contributed by atoms with van der Waals surface area (Å²) in [6, 6.07) is 12.6. The van der Waals surface area contributed by atoms with Crippen LogP contribution in [-0.2, 0) is 4.74 Å². The van der Waals surface area contributed by atoms with Crippen LogP contribution in [0, 0.1) is 5.82 Å².